The molecule has 2 atom stereocenters. The molecule has 2 aliphatic heterocycles. The second-order valence-corrected chi connectivity index (χ2v) is 9.72. The Balaban J connectivity index is 1.78. The number of halogens is 4. The second kappa shape index (κ2) is 7.37. The predicted molar refractivity (Wildman–Crippen MR) is 106 cm³/mol. The Morgan fingerprint density at radius 3 is 2.57 bits per heavy atom. The number of hydrogen-bond donors (Lipinski definition) is 1. The summed E-state index contributed by atoms with van der Waals surface area (Å²) in [4.78, 5) is 2.55. The second-order valence-electron chi connectivity index (χ2n) is 8.15. The predicted octanol–water partition coefficient (Wildman–Crippen LogP) is 3.60. The zero-order chi connectivity index (χ0) is 21.8. The Morgan fingerprint density at radius 1 is 1.27 bits per heavy atom. The molecule has 1 saturated heterocycles. The van der Waals surface area contributed by atoms with Crippen molar-refractivity contribution in [3.8, 4) is 0 Å². The first kappa shape index (κ1) is 21.4. The lowest BCUT2D eigenvalue weighted by Crippen LogP contribution is -2.55. The zero-order valence-corrected chi connectivity index (χ0v) is 17.5. The molecule has 30 heavy (non-hydrogen) atoms. The summed E-state index contributed by atoms with van der Waals surface area (Å²) in [6.45, 7) is 2.53. The average Bonchev–Trinajstić information content (AvgIpc) is 3.51. The molecule has 0 unspecified atom stereocenters. The highest BCUT2D eigenvalue weighted by atomic mass is 32.2. The van der Waals surface area contributed by atoms with Crippen LogP contribution in [0.25, 0.3) is 0 Å². The highest BCUT2D eigenvalue weighted by Gasteiger charge is 2.49. The van der Waals surface area contributed by atoms with Crippen molar-refractivity contribution in [1.82, 2.24) is 4.90 Å². The Hall–Kier alpha value is -1.88. The molecule has 4 rings (SSSR count). The van der Waals surface area contributed by atoms with Crippen LogP contribution in [0.2, 0.25) is 0 Å². The van der Waals surface area contributed by atoms with E-state index in [1.165, 1.54) is 0 Å². The number of alkyl halides is 3. The molecule has 3 aliphatic rings. The van der Waals surface area contributed by atoms with Gasteiger partial charge in [0.15, 0.2) is 0 Å². The first-order valence-electron chi connectivity index (χ1n) is 10.00. The normalized spacial score (nSPS) is 26.2. The van der Waals surface area contributed by atoms with Crippen molar-refractivity contribution in [3.05, 3.63) is 17.9 Å². The van der Waals surface area contributed by atoms with Crippen molar-refractivity contribution in [2.24, 2.45) is 10.3 Å². The number of rotatable bonds is 4. The van der Waals surface area contributed by atoms with Gasteiger partial charge in [-0.2, -0.15) is 21.6 Å². The van der Waals surface area contributed by atoms with Crippen LogP contribution < -0.4 is 10.2 Å². The van der Waals surface area contributed by atoms with Crippen molar-refractivity contribution in [2.45, 2.75) is 55.8 Å². The maximum absolute atomic E-state index is 14.3. The first-order chi connectivity index (χ1) is 14.0. The third-order valence-corrected chi connectivity index (χ3v) is 7.46. The fourth-order valence-electron chi connectivity index (χ4n) is 4.19. The molecule has 0 bridgehead atoms. The minimum Gasteiger partial charge on any atom is -0.358 e. The van der Waals surface area contributed by atoms with Crippen molar-refractivity contribution in [1.29, 1.82) is 0 Å². The summed E-state index contributed by atoms with van der Waals surface area (Å²) in [5, 5.41) is 2.91. The third-order valence-electron chi connectivity index (χ3n) is 6.14. The number of amidine groups is 1. The van der Waals surface area contributed by atoms with E-state index in [0.29, 0.717) is 13.0 Å². The molecule has 1 aromatic rings. The molecule has 0 amide bonds. The van der Waals surface area contributed by atoms with Crippen LogP contribution in [0.1, 0.15) is 32.6 Å². The molecule has 1 aliphatic carbocycles. The van der Waals surface area contributed by atoms with E-state index in [2.05, 4.69) is 9.71 Å². The van der Waals surface area contributed by atoms with Crippen LogP contribution in [-0.2, 0) is 10.0 Å². The van der Waals surface area contributed by atoms with Gasteiger partial charge in [-0.15, -0.1) is 4.40 Å². The van der Waals surface area contributed by atoms with E-state index in [9.17, 15) is 26.0 Å². The van der Waals surface area contributed by atoms with Crippen LogP contribution in [0.15, 0.2) is 21.4 Å². The monoisotopic (exact) mass is 448 g/mol. The molecule has 0 radical (unpaired) electrons. The van der Waals surface area contributed by atoms with Gasteiger partial charge in [0.25, 0.3) is 10.0 Å². The van der Waals surface area contributed by atoms with E-state index in [4.69, 9.17) is 0 Å². The van der Waals surface area contributed by atoms with Gasteiger partial charge in [-0.1, -0.05) is 6.92 Å². The van der Waals surface area contributed by atoms with Gasteiger partial charge in [0, 0.05) is 18.5 Å². The summed E-state index contributed by atoms with van der Waals surface area (Å²) in [6.07, 6.45) is -2.75. The summed E-state index contributed by atoms with van der Waals surface area (Å²) in [7, 11) is -2.41. The quantitative estimate of drug-likeness (QED) is 0.713. The highest BCUT2D eigenvalue weighted by molar-refractivity contribution is 7.90. The van der Waals surface area contributed by atoms with Gasteiger partial charge < -0.3 is 15.1 Å². The Labute approximate surface area is 173 Å². The number of fused-ring (bicyclic) bond motifs is 1. The van der Waals surface area contributed by atoms with Crippen molar-refractivity contribution in [2.75, 3.05) is 30.4 Å². The van der Waals surface area contributed by atoms with Gasteiger partial charge in [-0.05, 0) is 51.4 Å². The molecule has 2 heterocycles. The minimum absolute atomic E-state index is 0.00940. The van der Waals surface area contributed by atoms with Crippen molar-refractivity contribution < 1.29 is 26.0 Å². The van der Waals surface area contributed by atoms with E-state index in [1.54, 1.807) is 7.05 Å². The lowest BCUT2D eigenvalue weighted by atomic mass is 9.94. The van der Waals surface area contributed by atoms with Crippen LogP contribution in [0.3, 0.4) is 0 Å². The van der Waals surface area contributed by atoms with Crippen LogP contribution in [-0.4, -0.2) is 57.6 Å². The number of nitrogens with zero attached hydrogens (tertiary/aromatic N) is 3. The topological polar surface area (TPSA) is 65.0 Å². The molecule has 0 aromatic heterocycles. The molecule has 6 nitrogen and oxygen atoms in total. The summed E-state index contributed by atoms with van der Waals surface area (Å²) >= 11 is 0. The fraction of sp³-hybridized carbons (Fsp3) is 0.632. The van der Waals surface area contributed by atoms with E-state index < -0.39 is 33.0 Å². The maximum Gasteiger partial charge on any atom is 0.408 e. The Morgan fingerprint density at radius 2 is 1.97 bits per heavy atom. The molecule has 11 heteroatoms. The van der Waals surface area contributed by atoms with Crippen LogP contribution in [0, 0.1) is 11.7 Å². The summed E-state index contributed by atoms with van der Waals surface area (Å²) in [5.74, 6) is -0.749. The van der Waals surface area contributed by atoms with Crippen LogP contribution in [0.5, 0.6) is 0 Å². The lowest BCUT2D eigenvalue weighted by Gasteiger charge is -2.44. The number of piperidine rings is 1. The van der Waals surface area contributed by atoms with E-state index in [-0.39, 0.29) is 42.1 Å². The van der Waals surface area contributed by atoms with Gasteiger partial charge >= 0.3 is 6.18 Å². The molecule has 1 saturated carbocycles. The van der Waals surface area contributed by atoms with Crippen molar-refractivity contribution in [3.63, 3.8) is 0 Å². The molecule has 1 aromatic carbocycles. The van der Waals surface area contributed by atoms with Gasteiger partial charge in [0.2, 0.25) is 0 Å². The van der Waals surface area contributed by atoms with E-state index in [1.807, 2.05) is 11.8 Å². The first-order valence-corrected chi connectivity index (χ1v) is 11.4. The third kappa shape index (κ3) is 3.89. The fourth-order valence-corrected chi connectivity index (χ4v) is 5.42. The zero-order valence-electron chi connectivity index (χ0n) is 16.7. The number of nitrogens with one attached hydrogen (secondary N) is 1. The maximum atomic E-state index is 14.3. The molecule has 166 valence electrons. The molecule has 0 spiro atoms. The molecular weight excluding hydrogens is 424 g/mol. The highest BCUT2D eigenvalue weighted by Crippen LogP contribution is 2.45. The van der Waals surface area contributed by atoms with Crippen LogP contribution >= 0.6 is 0 Å². The largest absolute Gasteiger partial charge is 0.408 e. The van der Waals surface area contributed by atoms with Crippen LogP contribution in [0.4, 0.5) is 28.9 Å². The SMILES string of the molecule is CCN(C)[C@@H]1CCN(c2cc(F)cc3c2NC(C2CC2)=NS3(=O)=O)[C@H](C(F)(F)F)C1. The smallest absolute Gasteiger partial charge is 0.358 e. The number of benzene rings is 1. The van der Waals surface area contributed by atoms with Crippen molar-refractivity contribution >= 4 is 27.2 Å². The molecule has 1 N–H and O–H groups in total. The summed E-state index contributed by atoms with van der Waals surface area (Å²) in [6, 6.07) is -0.305. The van der Waals surface area contributed by atoms with E-state index >= 15 is 0 Å². The Bertz CT molecular complexity index is 975. The number of anilines is 2. The van der Waals surface area contributed by atoms with E-state index in [0.717, 1.165) is 29.9 Å². The molecule has 2 fully saturated rings. The van der Waals surface area contributed by atoms with Gasteiger partial charge in [0.05, 0.1) is 11.4 Å². The van der Waals surface area contributed by atoms with Gasteiger partial charge in [-0.3, -0.25) is 0 Å². The Kier molecular flexibility index (Phi) is 5.24. The average molecular weight is 448 g/mol. The number of sulfonamides is 1. The standard InChI is InChI=1S/C19H24F4N4O2S/c1-3-26(2)13-6-7-27(16(10-13)19(21,22)23)14-8-12(20)9-15-17(14)24-18(11-4-5-11)25-30(15,28)29/h8-9,11,13,16H,3-7,10H2,1-2H3,(H,24,25)/t13-,16+/m1/s1. The molecular formula is C19H24F4N4O2S. The summed E-state index contributed by atoms with van der Waals surface area (Å²) in [5.41, 5.74) is -0.0913. The summed E-state index contributed by atoms with van der Waals surface area (Å²) < 4.78 is 85.3. The number of hydrogen-bond acceptors (Lipinski definition) is 5. The minimum atomic E-state index is -4.55. The van der Waals surface area contributed by atoms with Gasteiger partial charge in [0.1, 0.15) is 22.6 Å². The van der Waals surface area contributed by atoms with Gasteiger partial charge in [-0.25, -0.2) is 4.39 Å². The lowest BCUT2D eigenvalue weighted by molar-refractivity contribution is -0.156.